The van der Waals surface area contributed by atoms with Crippen molar-refractivity contribution in [3.8, 4) is 0 Å². The average Bonchev–Trinajstić information content (AvgIpc) is 2.96. The zero-order chi connectivity index (χ0) is 16.3. The molecule has 1 unspecified atom stereocenters. The summed E-state index contributed by atoms with van der Waals surface area (Å²) in [6.07, 6.45) is 3.35. The van der Waals surface area contributed by atoms with Gasteiger partial charge in [0.2, 0.25) is 10.0 Å². The Morgan fingerprint density at radius 1 is 1.17 bits per heavy atom. The molecule has 3 rings (SSSR count). The summed E-state index contributed by atoms with van der Waals surface area (Å²) in [4.78, 5) is 2.80. The van der Waals surface area contributed by atoms with E-state index in [0.717, 1.165) is 30.3 Å². The van der Waals surface area contributed by atoms with E-state index in [9.17, 15) is 8.42 Å². The molecule has 1 atom stereocenters. The zero-order valence-corrected chi connectivity index (χ0v) is 14.3. The van der Waals surface area contributed by atoms with E-state index in [1.54, 1.807) is 12.1 Å². The van der Waals surface area contributed by atoms with Crippen LogP contribution >= 0.6 is 0 Å². The van der Waals surface area contributed by atoms with E-state index in [4.69, 9.17) is 0 Å². The van der Waals surface area contributed by atoms with E-state index in [1.807, 2.05) is 30.3 Å². The Labute approximate surface area is 138 Å². The number of nitrogens with zero attached hydrogens (tertiary/aromatic N) is 1. The molecule has 2 aromatic rings. The maximum absolute atomic E-state index is 12.6. The van der Waals surface area contributed by atoms with Crippen LogP contribution < -0.4 is 4.72 Å². The number of sulfonamides is 1. The molecule has 0 spiro atoms. The number of fused-ring (bicyclic) bond motifs is 1. The first-order chi connectivity index (χ1) is 11.1. The molecule has 0 amide bonds. The first-order valence-corrected chi connectivity index (χ1v) is 9.78. The van der Waals surface area contributed by atoms with Gasteiger partial charge in [0.25, 0.3) is 0 Å². The minimum Gasteiger partial charge on any atom is -0.301 e. The molecule has 1 fully saturated rings. The summed E-state index contributed by atoms with van der Waals surface area (Å²) >= 11 is 0. The Hall–Kier alpha value is -1.43. The first kappa shape index (κ1) is 16.4. The van der Waals surface area contributed by atoms with Gasteiger partial charge >= 0.3 is 0 Å². The van der Waals surface area contributed by atoms with E-state index in [-0.39, 0.29) is 0 Å². The average molecular weight is 332 g/mol. The largest absolute Gasteiger partial charge is 0.301 e. The van der Waals surface area contributed by atoms with Crippen molar-refractivity contribution in [3.05, 3.63) is 42.5 Å². The Balaban J connectivity index is 1.64. The molecule has 1 heterocycles. The van der Waals surface area contributed by atoms with E-state index in [0.29, 0.717) is 17.5 Å². The molecule has 0 saturated carbocycles. The van der Waals surface area contributed by atoms with Crippen LogP contribution in [-0.4, -0.2) is 39.0 Å². The number of rotatable bonds is 6. The Morgan fingerprint density at radius 3 is 2.74 bits per heavy atom. The third-order valence-electron chi connectivity index (χ3n) is 4.64. The quantitative estimate of drug-likeness (QED) is 0.827. The molecule has 0 radical (unpaired) electrons. The van der Waals surface area contributed by atoms with Crippen molar-refractivity contribution in [2.24, 2.45) is 0 Å². The van der Waals surface area contributed by atoms with Crippen LogP contribution in [0, 0.1) is 0 Å². The normalized spacial score (nSPS) is 19.4. The third kappa shape index (κ3) is 3.74. The van der Waals surface area contributed by atoms with Crippen LogP contribution in [0.5, 0.6) is 0 Å². The minimum atomic E-state index is -3.46. The molecule has 0 bridgehead atoms. The molecule has 1 saturated heterocycles. The number of likely N-dealkylation sites (tertiary alicyclic amines) is 1. The van der Waals surface area contributed by atoms with Crippen molar-refractivity contribution < 1.29 is 8.42 Å². The van der Waals surface area contributed by atoms with Gasteiger partial charge in [-0.05, 0) is 50.7 Å². The summed E-state index contributed by atoms with van der Waals surface area (Å²) in [6.45, 7) is 4.82. The summed E-state index contributed by atoms with van der Waals surface area (Å²) in [5, 5.41) is 1.72. The molecule has 5 heteroatoms. The molecule has 23 heavy (non-hydrogen) atoms. The lowest BCUT2D eigenvalue weighted by molar-refractivity contribution is 0.266. The van der Waals surface area contributed by atoms with Crippen LogP contribution in [-0.2, 0) is 10.0 Å². The van der Waals surface area contributed by atoms with Gasteiger partial charge in [0, 0.05) is 18.0 Å². The van der Waals surface area contributed by atoms with Gasteiger partial charge < -0.3 is 4.90 Å². The highest BCUT2D eigenvalue weighted by atomic mass is 32.2. The lowest BCUT2D eigenvalue weighted by atomic mass is 10.1. The Kier molecular flexibility index (Phi) is 4.99. The Bertz CT molecular complexity index is 768. The van der Waals surface area contributed by atoms with Gasteiger partial charge in [0.15, 0.2) is 0 Å². The fraction of sp³-hybridized carbons (Fsp3) is 0.444. The van der Waals surface area contributed by atoms with Crippen molar-refractivity contribution in [1.29, 1.82) is 0 Å². The second kappa shape index (κ2) is 6.99. The predicted octanol–water partition coefficient (Wildman–Crippen LogP) is 2.99. The number of nitrogens with one attached hydrogen (secondary N) is 1. The van der Waals surface area contributed by atoms with E-state index < -0.39 is 10.0 Å². The van der Waals surface area contributed by atoms with Gasteiger partial charge in [0.1, 0.15) is 0 Å². The maximum atomic E-state index is 12.6. The van der Waals surface area contributed by atoms with Crippen molar-refractivity contribution in [2.75, 3.05) is 19.6 Å². The number of hydrogen-bond acceptors (Lipinski definition) is 3. The molecule has 1 N–H and O–H groups in total. The fourth-order valence-corrected chi connectivity index (χ4v) is 4.62. The van der Waals surface area contributed by atoms with Gasteiger partial charge in [-0.25, -0.2) is 13.1 Å². The summed E-state index contributed by atoms with van der Waals surface area (Å²) in [6, 6.07) is 13.6. The maximum Gasteiger partial charge on any atom is 0.241 e. The molecule has 2 aromatic carbocycles. The smallest absolute Gasteiger partial charge is 0.241 e. The van der Waals surface area contributed by atoms with Gasteiger partial charge in [-0.15, -0.1) is 0 Å². The van der Waals surface area contributed by atoms with Crippen LogP contribution in [0.25, 0.3) is 10.8 Å². The van der Waals surface area contributed by atoms with Gasteiger partial charge in [-0.3, -0.25) is 0 Å². The molecule has 4 nitrogen and oxygen atoms in total. The second-order valence-electron chi connectivity index (χ2n) is 6.26. The Morgan fingerprint density at radius 2 is 1.96 bits per heavy atom. The highest BCUT2D eigenvalue weighted by molar-refractivity contribution is 7.89. The fourth-order valence-electron chi connectivity index (χ4n) is 3.32. The molecular formula is C18H24N2O2S. The van der Waals surface area contributed by atoms with Crippen LogP contribution in [0.15, 0.2) is 47.4 Å². The van der Waals surface area contributed by atoms with Gasteiger partial charge in [-0.2, -0.15) is 0 Å². The van der Waals surface area contributed by atoms with Crippen molar-refractivity contribution in [3.63, 3.8) is 0 Å². The molecule has 124 valence electrons. The lowest BCUT2D eigenvalue weighted by Crippen LogP contribution is -2.31. The molecule has 1 aliphatic heterocycles. The van der Waals surface area contributed by atoms with Crippen molar-refractivity contribution in [2.45, 2.75) is 37.1 Å². The van der Waals surface area contributed by atoms with Gasteiger partial charge in [0.05, 0.1) is 4.90 Å². The predicted molar refractivity (Wildman–Crippen MR) is 94.0 cm³/mol. The van der Waals surface area contributed by atoms with Crippen LogP contribution in [0.3, 0.4) is 0 Å². The highest BCUT2D eigenvalue weighted by Crippen LogP contribution is 2.22. The first-order valence-electron chi connectivity index (χ1n) is 8.29. The highest BCUT2D eigenvalue weighted by Gasteiger charge is 2.20. The molecule has 1 aliphatic rings. The zero-order valence-electron chi connectivity index (χ0n) is 13.5. The monoisotopic (exact) mass is 332 g/mol. The minimum absolute atomic E-state index is 0.366. The van der Waals surface area contributed by atoms with Crippen LogP contribution in [0.2, 0.25) is 0 Å². The summed E-state index contributed by atoms with van der Waals surface area (Å²) < 4.78 is 27.9. The second-order valence-corrected chi connectivity index (χ2v) is 7.99. The van der Waals surface area contributed by atoms with Crippen LogP contribution in [0.1, 0.15) is 26.2 Å². The van der Waals surface area contributed by atoms with E-state index in [1.165, 1.54) is 12.8 Å². The summed E-state index contributed by atoms with van der Waals surface area (Å²) in [5.74, 6) is 0. The summed E-state index contributed by atoms with van der Waals surface area (Å²) in [7, 11) is -3.46. The van der Waals surface area contributed by atoms with Crippen molar-refractivity contribution in [1.82, 2.24) is 9.62 Å². The standard InChI is InChI=1S/C18H24N2O2S/c1-15-7-5-13-20(15)14-6-12-19-23(21,22)18-11-4-9-16-8-2-3-10-17(16)18/h2-4,8-11,15,19H,5-7,12-14H2,1H3. The lowest BCUT2D eigenvalue weighted by Gasteiger charge is -2.20. The van der Waals surface area contributed by atoms with Crippen LogP contribution in [0.4, 0.5) is 0 Å². The van der Waals surface area contributed by atoms with E-state index in [2.05, 4.69) is 16.5 Å². The molecule has 0 aliphatic carbocycles. The molecule has 0 aromatic heterocycles. The molecular weight excluding hydrogens is 308 g/mol. The summed E-state index contributed by atoms with van der Waals surface area (Å²) in [5.41, 5.74) is 0. The van der Waals surface area contributed by atoms with E-state index >= 15 is 0 Å². The topological polar surface area (TPSA) is 49.4 Å². The SMILES string of the molecule is CC1CCCN1CCCNS(=O)(=O)c1cccc2ccccc12. The number of benzene rings is 2. The van der Waals surface area contributed by atoms with Gasteiger partial charge in [-0.1, -0.05) is 36.4 Å². The number of hydrogen-bond donors (Lipinski definition) is 1. The van der Waals surface area contributed by atoms with Crippen molar-refractivity contribution >= 4 is 20.8 Å². The third-order valence-corrected chi connectivity index (χ3v) is 6.16.